The molecule has 0 aliphatic carbocycles. The molecule has 0 bridgehead atoms. The summed E-state index contributed by atoms with van der Waals surface area (Å²) in [6.07, 6.45) is 0.0856. The Labute approximate surface area is 197 Å². The Kier molecular flexibility index (Phi) is 7.46. The van der Waals surface area contributed by atoms with Crippen molar-refractivity contribution in [2.45, 2.75) is 13.3 Å². The second-order valence-corrected chi connectivity index (χ2v) is 9.03. The third-order valence-corrected chi connectivity index (χ3v) is 6.37. The van der Waals surface area contributed by atoms with Gasteiger partial charge in [-0.3, -0.25) is 9.59 Å². The smallest absolute Gasteiger partial charge is 0.335 e. The number of rotatable bonds is 6. The molecule has 2 aromatic carbocycles. The van der Waals surface area contributed by atoms with E-state index in [-0.39, 0.29) is 23.7 Å². The molecule has 8 heteroatoms. The number of anilines is 1. The average molecular weight is 512 g/mol. The van der Waals surface area contributed by atoms with Crippen LogP contribution in [-0.2, 0) is 16.0 Å². The van der Waals surface area contributed by atoms with Crippen molar-refractivity contribution in [2.75, 3.05) is 12.3 Å². The Morgan fingerprint density at radius 1 is 1.06 bits per heavy atom. The molecule has 32 heavy (non-hydrogen) atoms. The Morgan fingerprint density at radius 3 is 2.38 bits per heavy atom. The topological polar surface area (TPSA) is 107 Å². The minimum absolute atomic E-state index is 0.0856. The van der Waals surface area contributed by atoms with Crippen molar-refractivity contribution in [1.29, 1.82) is 0 Å². The molecular weight excluding hydrogens is 494 g/mol. The summed E-state index contributed by atoms with van der Waals surface area (Å²) in [5.41, 5.74) is 8.95. The second kappa shape index (κ2) is 10.3. The predicted molar refractivity (Wildman–Crippen MR) is 126 cm³/mol. The SMILES string of the molecule is CCOC(=O)Cc1cc(C(=O)c2ccc(C#Cc3ccc(C(=O)O)cc3)c(N)c2)sc1Br. The summed E-state index contributed by atoms with van der Waals surface area (Å²) in [6, 6.07) is 12.8. The molecule has 0 radical (unpaired) electrons. The number of nitrogens with two attached hydrogens (primary N) is 1. The van der Waals surface area contributed by atoms with Gasteiger partial charge in [0.15, 0.2) is 0 Å². The third-order valence-electron chi connectivity index (χ3n) is 4.41. The fraction of sp³-hybridized carbons (Fsp3) is 0.125. The van der Waals surface area contributed by atoms with Crippen molar-refractivity contribution in [3.63, 3.8) is 0 Å². The molecular formula is C24H18BrNO5S. The molecule has 0 fully saturated rings. The molecule has 0 amide bonds. The maximum atomic E-state index is 12.9. The lowest BCUT2D eigenvalue weighted by molar-refractivity contribution is -0.142. The van der Waals surface area contributed by atoms with E-state index in [0.29, 0.717) is 43.2 Å². The first-order valence-corrected chi connectivity index (χ1v) is 11.1. The van der Waals surface area contributed by atoms with Crippen LogP contribution in [0.5, 0.6) is 0 Å². The number of carboxylic acid groups (broad SMARTS) is 1. The molecule has 1 heterocycles. The van der Waals surface area contributed by atoms with Crippen molar-refractivity contribution < 1.29 is 24.2 Å². The van der Waals surface area contributed by atoms with E-state index in [1.54, 1.807) is 43.3 Å². The van der Waals surface area contributed by atoms with Gasteiger partial charge in [0, 0.05) is 22.4 Å². The molecule has 6 nitrogen and oxygen atoms in total. The lowest BCUT2D eigenvalue weighted by Crippen LogP contribution is -2.07. The molecule has 0 spiro atoms. The monoisotopic (exact) mass is 511 g/mol. The molecule has 0 unspecified atom stereocenters. The number of ether oxygens (including phenoxy) is 1. The lowest BCUT2D eigenvalue weighted by Gasteiger charge is -2.03. The number of carbonyl (C=O) groups excluding carboxylic acids is 2. The fourth-order valence-corrected chi connectivity index (χ4v) is 4.45. The molecule has 3 N–H and O–H groups in total. The van der Waals surface area contributed by atoms with Crippen LogP contribution in [0.1, 0.15) is 49.2 Å². The molecule has 1 aromatic heterocycles. The van der Waals surface area contributed by atoms with E-state index in [0.717, 1.165) is 0 Å². The highest BCUT2D eigenvalue weighted by Crippen LogP contribution is 2.31. The van der Waals surface area contributed by atoms with Crippen LogP contribution in [-0.4, -0.2) is 29.4 Å². The Morgan fingerprint density at radius 2 is 1.75 bits per heavy atom. The highest BCUT2D eigenvalue weighted by Gasteiger charge is 2.18. The minimum Gasteiger partial charge on any atom is -0.478 e. The molecule has 0 aliphatic rings. The van der Waals surface area contributed by atoms with Crippen molar-refractivity contribution in [3.05, 3.63) is 85.0 Å². The van der Waals surface area contributed by atoms with Gasteiger partial charge >= 0.3 is 11.9 Å². The van der Waals surface area contributed by atoms with Crippen LogP contribution in [0.2, 0.25) is 0 Å². The van der Waals surface area contributed by atoms with E-state index in [1.807, 2.05) is 0 Å². The van der Waals surface area contributed by atoms with Crippen molar-refractivity contribution in [3.8, 4) is 11.8 Å². The molecule has 0 saturated carbocycles. The van der Waals surface area contributed by atoms with Crippen LogP contribution in [0, 0.1) is 11.8 Å². The largest absolute Gasteiger partial charge is 0.478 e. The van der Waals surface area contributed by atoms with Crippen LogP contribution >= 0.6 is 27.3 Å². The summed E-state index contributed by atoms with van der Waals surface area (Å²) < 4.78 is 5.67. The van der Waals surface area contributed by atoms with Crippen LogP contribution in [0.3, 0.4) is 0 Å². The second-order valence-electron chi connectivity index (χ2n) is 6.66. The number of carbonyl (C=O) groups is 3. The summed E-state index contributed by atoms with van der Waals surface area (Å²) >= 11 is 4.65. The first-order chi connectivity index (χ1) is 15.3. The van der Waals surface area contributed by atoms with E-state index < -0.39 is 5.97 Å². The van der Waals surface area contributed by atoms with Gasteiger partial charge in [0.05, 0.1) is 27.3 Å². The number of aromatic carboxylic acids is 1. The molecule has 3 aromatic rings. The first-order valence-electron chi connectivity index (χ1n) is 9.52. The van der Waals surface area contributed by atoms with E-state index in [1.165, 1.54) is 23.5 Å². The van der Waals surface area contributed by atoms with E-state index in [4.69, 9.17) is 15.6 Å². The van der Waals surface area contributed by atoms with Gasteiger partial charge in [-0.15, -0.1) is 11.3 Å². The lowest BCUT2D eigenvalue weighted by atomic mass is 10.0. The standard InChI is InChI=1S/C24H18BrNO5S/c1-2-31-21(27)13-18-12-20(32-23(18)25)22(28)17-10-9-15(19(26)11-17)6-3-14-4-7-16(8-5-14)24(29)30/h4-5,7-12H,2,13,26H2,1H3,(H,29,30). The molecule has 3 rings (SSSR count). The van der Waals surface area contributed by atoms with Crippen LogP contribution in [0.4, 0.5) is 5.69 Å². The summed E-state index contributed by atoms with van der Waals surface area (Å²) in [4.78, 5) is 36.0. The number of carboxylic acids is 1. The quantitative estimate of drug-likeness (QED) is 0.218. The Bertz CT molecular complexity index is 1250. The van der Waals surface area contributed by atoms with Gasteiger partial charge in [-0.05, 0) is 76.9 Å². The maximum absolute atomic E-state index is 12.9. The summed E-state index contributed by atoms with van der Waals surface area (Å²) in [5.74, 6) is 4.31. The van der Waals surface area contributed by atoms with Crippen LogP contribution < -0.4 is 5.73 Å². The van der Waals surface area contributed by atoms with Gasteiger partial charge in [-0.1, -0.05) is 11.8 Å². The number of nitrogen functional groups attached to an aromatic ring is 1. The number of hydrogen-bond donors (Lipinski definition) is 2. The van der Waals surface area contributed by atoms with Crippen LogP contribution in [0.15, 0.2) is 52.3 Å². The summed E-state index contributed by atoms with van der Waals surface area (Å²) in [5, 5.41) is 8.95. The van der Waals surface area contributed by atoms with Crippen molar-refractivity contribution in [1.82, 2.24) is 0 Å². The van der Waals surface area contributed by atoms with Gasteiger partial charge in [0.1, 0.15) is 0 Å². The normalized spacial score (nSPS) is 10.2. The van der Waals surface area contributed by atoms with E-state index >= 15 is 0 Å². The number of ketones is 1. The average Bonchev–Trinajstić information content (AvgIpc) is 3.12. The maximum Gasteiger partial charge on any atom is 0.335 e. The summed E-state index contributed by atoms with van der Waals surface area (Å²) in [7, 11) is 0. The fourth-order valence-electron chi connectivity index (χ4n) is 2.80. The summed E-state index contributed by atoms with van der Waals surface area (Å²) in [6.45, 7) is 2.04. The zero-order valence-corrected chi connectivity index (χ0v) is 19.4. The van der Waals surface area contributed by atoms with Crippen LogP contribution in [0.25, 0.3) is 0 Å². The molecule has 0 saturated heterocycles. The number of benzene rings is 2. The zero-order valence-electron chi connectivity index (χ0n) is 17.0. The molecule has 162 valence electrons. The van der Waals surface area contributed by atoms with Crippen molar-refractivity contribution in [2.24, 2.45) is 0 Å². The van der Waals surface area contributed by atoms with E-state index in [2.05, 4.69) is 27.8 Å². The van der Waals surface area contributed by atoms with Crippen molar-refractivity contribution >= 4 is 50.7 Å². The van der Waals surface area contributed by atoms with Gasteiger partial charge in [0.25, 0.3) is 0 Å². The third kappa shape index (κ3) is 5.63. The van der Waals surface area contributed by atoms with Gasteiger partial charge in [-0.25, -0.2) is 4.79 Å². The molecule has 0 atom stereocenters. The minimum atomic E-state index is -1.00. The molecule has 0 aliphatic heterocycles. The number of esters is 1. The van der Waals surface area contributed by atoms with Gasteiger partial charge in [0.2, 0.25) is 5.78 Å². The predicted octanol–water partition coefficient (Wildman–Crippen LogP) is 4.53. The Balaban J connectivity index is 1.77. The van der Waals surface area contributed by atoms with E-state index in [9.17, 15) is 14.4 Å². The number of halogens is 1. The number of thiophene rings is 1. The zero-order chi connectivity index (χ0) is 23.3. The number of hydrogen-bond acceptors (Lipinski definition) is 6. The highest BCUT2D eigenvalue weighted by molar-refractivity contribution is 9.11. The first kappa shape index (κ1) is 23.3. The van der Waals surface area contributed by atoms with Gasteiger partial charge < -0.3 is 15.6 Å². The Hall–Kier alpha value is -3.41. The van der Waals surface area contributed by atoms with Gasteiger partial charge in [-0.2, -0.15) is 0 Å². The highest BCUT2D eigenvalue weighted by atomic mass is 79.9.